The van der Waals surface area contributed by atoms with Crippen molar-refractivity contribution in [3.8, 4) is 5.75 Å². The number of rotatable bonds is 6. The van der Waals surface area contributed by atoms with Gasteiger partial charge in [-0.25, -0.2) is 0 Å². The normalized spacial score (nSPS) is 11.9. The van der Waals surface area contributed by atoms with Gasteiger partial charge in [0.15, 0.2) is 0 Å². The van der Waals surface area contributed by atoms with Gasteiger partial charge in [0.2, 0.25) is 0 Å². The van der Waals surface area contributed by atoms with Crippen molar-refractivity contribution in [1.29, 1.82) is 0 Å². The van der Waals surface area contributed by atoms with Crippen LogP contribution in [0.4, 0.5) is 13.2 Å². The smallest absolute Gasteiger partial charge is 0.419 e. The Labute approximate surface area is 112 Å². The third kappa shape index (κ3) is 4.42. The molecule has 108 valence electrons. The molecule has 0 spiro atoms. The second kappa shape index (κ2) is 6.80. The molecule has 0 fully saturated rings. The predicted molar refractivity (Wildman–Crippen MR) is 69.2 cm³/mol. The number of halogens is 3. The molecule has 0 unspecified atom stereocenters. The molecule has 0 aliphatic carbocycles. The maximum atomic E-state index is 13.0. The third-order valence-corrected chi connectivity index (χ3v) is 2.93. The first-order valence-corrected chi connectivity index (χ1v) is 6.43. The summed E-state index contributed by atoms with van der Waals surface area (Å²) in [7, 11) is 1.70. The molecule has 0 amide bonds. The fourth-order valence-electron chi connectivity index (χ4n) is 1.85. The van der Waals surface area contributed by atoms with Crippen LogP contribution < -0.4 is 10.1 Å². The van der Waals surface area contributed by atoms with Gasteiger partial charge in [0, 0.05) is 6.54 Å². The summed E-state index contributed by atoms with van der Waals surface area (Å²) in [5.41, 5.74) is -0.112. The molecular weight excluding hydrogens is 255 g/mol. The third-order valence-electron chi connectivity index (χ3n) is 2.93. The number of nitrogens with one attached hydrogen (secondary N) is 1. The molecule has 19 heavy (non-hydrogen) atoms. The van der Waals surface area contributed by atoms with Crippen molar-refractivity contribution < 1.29 is 17.9 Å². The Bertz CT molecular complexity index is 400. The lowest BCUT2D eigenvalue weighted by molar-refractivity contribution is -0.139. The Morgan fingerprint density at radius 1 is 1.21 bits per heavy atom. The Hall–Kier alpha value is -1.23. The van der Waals surface area contributed by atoms with E-state index in [1.54, 1.807) is 13.1 Å². The van der Waals surface area contributed by atoms with Crippen LogP contribution >= 0.6 is 0 Å². The molecule has 1 N–H and O–H groups in total. The highest BCUT2D eigenvalue weighted by molar-refractivity contribution is 5.39. The molecule has 1 aromatic carbocycles. The van der Waals surface area contributed by atoms with Crippen LogP contribution in [0.25, 0.3) is 0 Å². The first kappa shape index (κ1) is 15.8. The molecular formula is C14H20F3NO. The summed E-state index contributed by atoms with van der Waals surface area (Å²) in [5, 5.41) is 2.84. The molecule has 5 heteroatoms. The van der Waals surface area contributed by atoms with Crippen molar-refractivity contribution in [1.82, 2.24) is 5.32 Å². The predicted octanol–water partition coefficient (Wildman–Crippen LogP) is 3.99. The van der Waals surface area contributed by atoms with E-state index < -0.39 is 11.7 Å². The average molecular weight is 275 g/mol. The standard InChI is InChI=1S/C14H20F3NO/c1-4-11(5-2)19-13-7-6-10(9-18-3)8-12(13)14(15,16)17/h6-8,11,18H,4-5,9H2,1-3H3. The number of hydrogen-bond acceptors (Lipinski definition) is 2. The molecule has 1 rings (SSSR count). The quantitative estimate of drug-likeness (QED) is 0.847. The second-order valence-electron chi connectivity index (χ2n) is 4.41. The van der Waals surface area contributed by atoms with E-state index in [-0.39, 0.29) is 11.9 Å². The van der Waals surface area contributed by atoms with E-state index in [2.05, 4.69) is 5.32 Å². The van der Waals surface area contributed by atoms with E-state index in [1.165, 1.54) is 6.07 Å². The Morgan fingerprint density at radius 2 is 1.84 bits per heavy atom. The minimum atomic E-state index is -4.40. The topological polar surface area (TPSA) is 21.3 Å². The summed E-state index contributed by atoms with van der Waals surface area (Å²) in [5.74, 6) is -0.0824. The van der Waals surface area contributed by atoms with Crippen molar-refractivity contribution in [3.63, 3.8) is 0 Å². The highest BCUT2D eigenvalue weighted by Gasteiger charge is 2.35. The van der Waals surface area contributed by atoms with Crippen LogP contribution in [0, 0.1) is 0 Å². The molecule has 0 saturated carbocycles. The van der Waals surface area contributed by atoms with E-state index in [0.717, 1.165) is 6.07 Å². The molecule has 0 radical (unpaired) electrons. The van der Waals surface area contributed by atoms with Crippen LogP contribution in [0.3, 0.4) is 0 Å². The number of alkyl halides is 3. The molecule has 0 atom stereocenters. The fraction of sp³-hybridized carbons (Fsp3) is 0.571. The van der Waals surface area contributed by atoms with Gasteiger partial charge in [0.05, 0.1) is 11.7 Å². The first-order chi connectivity index (χ1) is 8.92. The monoisotopic (exact) mass is 275 g/mol. The molecule has 0 aliphatic heterocycles. The molecule has 0 aromatic heterocycles. The maximum Gasteiger partial charge on any atom is 0.419 e. The number of hydrogen-bond donors (Lipinski definition) is 1. The highest BCUT2D eigenvalue weighted by Crippen LogP contribution is 2.37. The zero-order chi connectivity index (χ0) is 14.5. The van der Waals surface area contributed by atoms with Crippen LogP contribution in [0.15, 0.2) is 18.2 Å². The molecule has 0 heterocycles. The first-order valence-electron chi connectivity index (χ1n) is 6.43. The van der Waals surface area contributed by atoms with Gasteiger partial charge in [-0.15, -0.1) is 0 Å². The van der Waals surface area contributed by atoms with Gasteiger partial charge in [-0.05, 0) is 37.6 Å². The van der Waals surface area contributed by atoms with Gasteiger partial charge in [0.1, 0.15) is 5.75 Å². The van der Waals surface area contributed by atoms with Crippen LogP contribution in [-0.4, -0.2) is 13.2 Å². The van der Waals surface area contributed by atoms with E-state index in [1.807, 2.05) is 13.8 Å². The SMILES string of the molecule is CCC(CC)Oc1ccc(CNC)cc1C(F)(F)F. The largest absolute Gasteiger partial charge is 0.490 e. The van der Waals surface area contributed by atoms with Gasteiger partial charge in [0.25, 0.3) is 0 Å². The van der Waals surface area contributed by atoms with E-state index in [9.17, 15) is 13.2 Å². The van der Waals surface area contributed by atoms with Crippen molar-refractivity contribution in [2.75, 3.05) is 7.05 Å². The number of benzene rings is 1. The van der Waals surface area contributed by atoms with Gasteiger partial charge in [-0.2, -0.15) is 13.2 Å². The van der Waals surface area contributed by atoms with Crippen molar-refractivity contribution in [3.05, 3.63) is 29.3 Å². The zero-order valence-electron chi connectivity index (χ0n) is 11.5. The zero-order valence-corrected chi connectivity index (χ0v) is 11.5. The van der Waals surface area contributed by atoms with Crippen LogP contribution in [0.2, 0.25) is 0 Å². The summed E-state index contributed by atoms with van der Waals surface area (Å²) in [6.07, 6.45) is -3.21. The summed E-state index contributed by atoms with van der Waals surface area (Å²) in [6, 6.07) is 4.21. The Kier molecular flexibility index (Phi) is 5.66. The van der Waals surface area contributed by atoms with Gasteiger partial charge in [-0.1, -0.05) is 19.9 Å². The van der Waals surface area contributed by atoms with E-state index in [0.29, 0.717) is 24.9 Å². The van der Waals surface area contributed by atoms with Crippen LogP contribution in [-0.2, 0) is 12.7 Å². The van der Waals surface area contributed by atoms with E-state index in [4.69, 9.17) is 4.74 Å². The summed E-state index contributed by atoms with van der Waals surface area (Å²) in [4.78, 5) is 0. The summed E-state index contributed by atoms with van der Waals surface area (Å²) < 4.78 is 44.5. The molecule has 2 nitrogen and oxygen atoms in total. The maximum absolute atomic E-state index is 13.0. The lowest BCUT2D eigenvalue weighted by Crippen LogP contribution is -2.18. The Balaban J connectivity index is 3.09. The number of ether oxygens (including phenoxy) is 1. The van der Waals surface area contributed by atoms with Crippen LogP contribution in [0.5, 0.6) is 5.75 Å². The van der Waals surface area contributed by atoms with E-state index >= 15 is 0 Å². The Morgan fingerprint density at radius 3 is 2.32 bits per heavy atom. The molecule has 0 saturated heterocycles. The van der Waals surface area contributed by atoms with Gasteiger partial charge in [-0.3, -0.25) is 0 Å². The lowest BCUT2D eigenvalue weighted by Gasteiger charge is -2.20. The van der Waals surface area contributed by atoms with Crippen molar-refractivity contribution >= 4 is 0 Å². The lowest BCUT2D eigenvalue weighted by atomic mass is 10.1. The van der Waals surface area contributed by atoms with Gasteiger partial charge < -0.3 is 10.1 Å². The summed E-state index contributed by atoms with van der Waals surface area (Å²) >= 11 is 0. The minimum Gasteiger partial charge on any atom is -0.490 e. The summed E-state index contributed by atoms with van der Waals surface area (Å²) in [6.45, 7) is 4.20. The van der Waals surface area contributed by atoms with Gasteiger partial charge >= 0.3 is 6.18 Å². The second-order valence-corrected chi connectivity index (χ2v) is 4.41. The van der Waals surface area contributed by atoms with Crippen molar-refractivity contribution in [2.24, 2.45) is 0 Å². The van der Waals surface area contributed by atoms with Crippen LogP contribution in [0.1, 0.15) is 37.8 Å². The average Bonchev–Trinajstić information content (AvgIpc) is 2.36. The highest BCUT2D eigenvalue weighted by atomic mass is 19.4. The van der Waals surface area contributed by atoms with Crippen molar-refractivity contribution in [2.45, 2.75) is 45.5 Å². The molecule has 0 aliphatic rings. The molecule has 0 bridgehead atoms. The molecule has 1 aromatic rings. The minimum absolute atomic E-state index is 0.0824. The fourth-order valence-corrected chi connectivity index (χ4v) is 1.85.